The van der Waals surface area contributed by atoms with Gasteiger partial charge in [0, 0.05) is 17.8 Å². The van der Waals surface area contributed by atoms with Crippen molar-refractivity contribution in [3.63, 3.8) is 0 Å². The van der Waals surface area contributed by atoms with Gasteiger partial charge in [-0.2, -0.15) is 0 Å². The van der Waals surface area contributed by atoms with Crippen molar-refractivity contribution in [2.24, 2.45) is 5.73 Å². The average Bonchev–Trinajstić information content (AvgIpc) is 2.49. The van der Waals surface area contributed by atoms with Crippen LogP contribution in [0.1, 0.15) is 36.5 Å². The van der Waals surface area contributed by atoms with E-state index in [-0.39, 0.29) is 6.04 Å². The lowest BCUT2D eigenvalue weighted by molar-refractivity contribution is 0.452. The molecule has 0 fully saturated rings. The molecule has 1 heterocycles. The van der Waals surface area contributed by atoms with Gasteiger partial charge in [0.25, 0.3) is 0 Å². The number of aryl methyl sites for hydroxylation is 2. The molecule has 1 atom stereocenters. The van der Waals surface area contributed by atoms with Crippen LogP contribution in [0.25, 0.3) is 0 Å². The Kier molecular flexibility index (Phi) is 4.20. The number of ether oxygens (including phenoxy) is 1. The van der Waals surface area contributed by atoms with Gasteiger partial charge in [-0.1, -0.05) is 12.1 Å². The van der Waals surface area contributed by atoms with Crippen LogP contribution in [0.2, 0.25) is 0 Å². The highest BCUT2D eigenvalue weighted by atomic mass is 16.5. The van der Waals surface area contributed by atoms with Gasteiger partial charge in [-0.15, -0.1) is 0 Å². The predicted molar refractivity (Wildman–Crippen MR) is 84.7 cm³/mol. The van der Waals surface area contributed by atoms with Gasteiger partial charge in [0.2, 0.25) is 5.88 Å². The normalized spacial score (nSPS) is 15.3. The summed E-state index contributed by atoms with van der Waals surface area (Å²) in [4.78, 5) is 4.36. The summed E-state index contributed by atoms with van der Waals surface area (Å²) in [5.74, 6) is 1.55. The maximum absolute atomic E-state index is 6.01. The van der Waals surface area contributed by atoms with Crippen molar-refractivity contribution in [2.45, 2.75) is 45.1 Å². The highest BCUT2D eigenvalue weighted by molar-refractivity contribution is 5.40. The van der Waals surface area contributed by atoms with Gasteiger partial charge < -0.3 is 10.5 Å². The molecular formula is C18H22N2O. The molecule has 21 heavy (non-hydrogen) atoms. The minimum Gasteiger partial charge on any atom is -0.439 e. The highest BCUT2D eigenvalue weighted by Gasteiger charge is 2.12. The van der Waals surface area contributed by atoms with Gasteiger partial charge in [-0.05, 0) is 68.4 Å². The van der Waals surface area contributed by atoms with Crippen molar-refractivity contribution in [1.29, 1.82) is 0 Å². The van der Waals surface area contributed by atoms with Crippen molar-refractivity contribution in [1.82, 2.24) is 4.98 Å². The molecule has 1 unspecified atom stereocenters. The molecule has 0 radical (unpaired) electrons. The fourth-order valence-corrected chi connectivity index (χ4v) is 2.90. The van der Waals surface area contributed by atoms with E-state index in [2.05, 4.69) is 23.2 Å². The minimum atomic E-state index is 0.0973. The molecule has 1 aliphatic rings. The lowest BCUT2D eigenvalue weighted by Gasteiger charge is -2.17. The van der Waals surface area contributed by atoms with Crippen LogP contribution >= 0.6 is 0 Å². The molecule has 0 saturated heterocycles. The molecule has 110 valence electrons. The van der Waals surface area contributed by atoms with Gasteiger partial charge in [0.05, 0.1) is 0 Å². The van der Waals surface area contributed by atoms with E-state index in [4.69, 9.17) is 10.5 Å². The third kappa shape index (κ3) is 3.42. The van der Waals surface area contributed by atoms with E-state index in [0.717, 1.165) is 24.2 Å². The van der Waals surface area contributed by atoms with Gasteiger partial charge in [-0.25, -0.2) is 4.98 Å². The average molecular weight is 282 g/mol. The summed E-state index contributed by atoms with van der Waals surface area (Å²) in [5, 5.41) is 0. The van der Waals surface area contributed by atoms with Crippen LogP contribution in [0.4, 0.5) is 0 Å². The van der Waals surface area contributed by atoms with Crippen LogP contribution < -0.4 is 10.5 Å². The summed E-state index contributed by atoms with van der Waals surface area (Å²) >= 11 is 0. The number of fused-ring (bicyclic) bond motifs is 1. The van der Waals surface area contributed by atoms with Gasteiger partial charge in [0.1, 0.15) is 5.75 Å². The predicted octanol–water partition coefficient (Wildman–Crippen LogP) is 3.64. The Labute approximate surface area is 126 Å². The fraction of sp³-hybridized carbons (Fsp3) is 0.389. The number of aromatic nitrogens is 1. The maximum Gasteiger partial charge on any atom is 0.222 e. The van der Waals surface area contributed by atoms with Crippen LogP contribution in [0.15, 0.2) is 36.5 Å². The highest BCUT2D eigenvalue weighted by Crippen LogP contribution is 2.29. The van der Waals surface area contributed by atoms with E-state index in [0.29, 0.717) is 5.88 Å². The Bertz CT molecular complexity index is 622. The number of hydrogen-bond acceptors (Lipinski definition) is 3. The summed E-state index contributed by atoms with van der Waals surface area (Å²) in [5.41, 5.74) is 9.84. The molecular weight excluding hydrogens is 260 g/mol. The molecule has 3 rings (SSSR count). The van der Waals surface area contributed by atoms with E-state index in [9.17, 15) is 0 Å². The second kappa shape index (κ2) is 6.27. The molecule has 2 N–H and O–H groups in total. The van der Waals surface area contributed by atoms with Crippen LogP contribution in [0.5, 0.6) is 11.6 Å². The first-order valence-corrected chi connectivity index (χ1v) is 7.71. The Morgan fingerprint density at radius 1 is 1.19 bits per heavy atom. The third-order valence-corrected chi connectivity index (χ3v) is 3.93. The standard InChI is InChI=1S/C18H22N2O/c1-13(19)11-16-7-4-10-20-18(16)21-17-9-8-14-5-2-3-6-15(14)12-17/h4,7-10,12-13H,2-3,5-6,11,19H2,1H3. The summed E-state index contributed by atoms with van der Waals surface area (Å²) in [6.07, 6.45) is 7.45. The van der Waals surface area contributed by atoms with E-state index in [1.54, 1.807) is 6.20 Å². The van der Waals surface area contributed by atoms with Crippen molar-refractivity contribution >= 4 is 0 Å². The van der Waals surface area contributed by atoms with Gasteiger partial charge >= 0.3 is 0 Å². The van der Waals surface area contributed by atoms with Crippen molar-refractivity contribution < 1.29 is 4.74 Å². The van der Waals surface area contributed by atoms with E-state index in [1.807, 2.05) is 19.1 Å². The van der Waals surface area contributed by atoms with E-state index in [1.165, 1.54) is 30.4 Å². The smallest absolute Gasteiger partial charge is 0.222 e. The van der Waals surface area contributed by atoms with Gasteiger partial charge in [0.15, 0.2) is 0 Å². The zero-order chi connectivity index (χ0) is 14.7. The Hall–Kier alpha value is -1.87. The number of hydrogen-bond donors (Lipinski definition) is 1. The van der Waals surface area contributed by atoms with Crippen LogP contribution in [-0.4, -0.2) is 11.0 Å². The molecule has 0 amide bonds. The first kappa shape index (κ1) is 14.1. The Morgan fingerprint density at radius 2 is 2.00 bits per heavy atom. The minimum absolute atomic E-state index is 0.0973. The van der Waals surface area contributed by atoms with Crippen LogP contribution in [-0.2, 0) is 19.3 Å². The number of nitrogens with zero attached hydrogens (tertiary/aromatic N) is 1. The van der Waals surface area contributed by atoms with E-state index < -0.39 is 0 Å². The number of nitrogens with two attached hydrogens (primary N) is 1. The van der Waals surface area contributed by atoms with Gasteiger partial charge in [-0.3, -0.25) is 0 Å². The lowest BCUT2D eigenvalue weighted by atomic mass is 9.92. The number of benzene rings is 1. The number of pyridine rings is 1. The molecule has 0 saturated carbocycles. The van der Waals surface area contributed by atoms with Crippen molar-refractivity contribution in [3.05, 3.63) is 53.2 Å². The topological polar surface area (TPSA) is 48.1 Å². The summed E-state index contributed by atoms with van der Waals surface area (Å²) in [6.45, 7) is 2.00. The molecule has 0 spiro atoms. The SMILES string of the molecule is CC(N)Cc1cccnc1Oc1ccc2c(c1)CCCC2. The Balaban J connectivity index is 1.83. The second-order valence-electron chi connectivity index (χ2n) is 5.89. The monoisotopic (exact) mass is 282 g/mol. The van der Waals surface area contributed by atoms with Crippen molar-refractivity contribution in [2.75, 3.05) is 0 Å². The lowest BCUT2D eigenvalue weighted by Crippen LogP contribution is -2.18. The zero-order valence-corrected chi connectivity index (χ0v) is 12.5. The molecule has 2 aromatic rings. The molecule has 3 heteroatoms. The quantitative estimate of drug-likeness (QED) is 0.931. The zero-order valence-electron chi connectivity index (χ0n) is 12.5. The Morgan fingerprint density at radius 3 is 2.81 bits per heavy atom. The van der Waals surface area contributed by atoms with Crippen LogP contribution in [0.3, 0.4) is 0 Å². The summed E-state index contributed by atoms with van der Waals surface area (Å²) in [6, 6.07) is 10.5. The third-order valence-electron chi connectivity index (χ3n) is 3.93. The fourth-order valence-electron chi connectivity index (χ4n) is 2.90. The van der Waals surface area contributed by atoms with Crippen molar-refractivity contribution in [3.8, 4) is 11.6 Å². The summed E-state index contributed by atoms with van der Waals surface area (Å²) in [7, 11) is 0. The van der Waals surface area contributed by atoms with Crippen LogP contribution in [0, 0.1) is 0 Å². The molecule has 1 aromatic carbocycles. The molecule has 1 aliphatic carbocycles. The first-order valence-electron chi connectivity index (χ1n) is 7.71. The molecule has 1 aromatic heterocycles. The summed E-state index contributed by atoms with van der Waals surface area (Å²) < 4.78 is 6.01. The number of rotatable bonds is 4. The molecule has 3 nitrogen and oxygen atoms in total. The molecule has 0 bridgehead atoms. The second-order valence-corrected chi connectivity index (χ2v) is 5.89. The largest absolute Gasteiger partial charge is 0.439 e. The molecule has 0 aliphatic heterocycles. The maximum atomic E-state index is 6.01. The first-order chi connectivity index (χ1) is 10.2. The van der Waals surface area contributed by atoms with E-state index >= 15 is 0 Å².